The van der Waals surface area contributed by atoms with Gasteiger partial charge in [-0.1, -0.05) is 31.2 Å². The summed E-state index contributed by atoms with van der Waals surface area (Å²) in [7, 11) is 5.03. The summed E-state index contributed by atoms with van der Waals surface area (Å²) in [5.41, 5.74) is 6.25. The van der Waals surface area contributed by atoms with E-state index >= 15 is 0 Å². The maximum absolute atomic E-state index is 5.65. The number of methoxy groups -OCH3 is 3. The largest absolute Gasteiger partial charge is 0.492 e. The topological polar surface area (TPSA) is 27.7 Å². The lowest BCUT2D eigenvalue weighted by molar-refractivity contribution is 0.321. The third-order valence-electron chi connectivity index (χ3n) is 4.18. The second kappa shape index (κ2) is 5.32. The van der Waals surface area contributed by atoms with Crippen molar-refractivity contribution in [2.45, 2.75) is 19.8 Å². The molecule has 2 aromatic carbocycles. The van der Waals surface area contributed by atoms with E-state index in [-0.39, 0.29) is 0 Å². The molecule has 0 bridgehead atoms. The molecule has 0 atom stereocenters. The highest BCUT2D eigenvalue weighted by Crippen LogP contribution is 2.53. The lowest BCUT2D eigenvalue weighted by atomic mass is 9.95. The Labute approximate surface area is 125 Å². The first-order chi connectivity index (χ1) is 10.3. The van der Waals surface area contributed by atoms with Crippen LogP contribution in [0.25, 0.3) is 11.1 Å². The van der Waals surface area contributed by atoms with Crippen LogP contribution in [0.2, 0.25) is 0 Å². The van der Waals surface area contributed by atoms with Gasteiger partial charge in [-0.25, -0.2) is 0 Å². The molecular weight excluding hydrogens is 264 g/mol. The molecule has 0 amide bonds. The summed E-state index contributed by atoms with van der Waals surface area (Å²) in [6, 6.07) is 8.51. The first kappa shape index (κ1) is 13.8. The van der Waals surface area contributed by atoms with Crippen LogP contribution in [-0.4, -0.2) is 21.3 Å². The van der Waals surface area contributed by atoms with E-state index in [4.69, 9.17) is 14.2 Å². The van der Waals surface area contributed by atoms with Crippen LogP contribution < -0.4 is 14.2 Å². The average Bonchev–Trinajstić information content (AvgIpc) is 2.91. The minimum Gasteiger partial charge on any atom is -0.492 e. The van der Waals surface area contributed by atoms with Crippen LogP contribution in [0.5, 0.6) is 17.2 Å². The fraction of sp³-hybridized carbons (Fsp3) is 0.333. The van der Waals surface area contributed by atoms with Crippen LogP contribution in [-0.2, 0) is 12.8 Å². The van der Waals surface area contributed by atoms with Crippen molar-refractivity contribution in [3.05, 3.63) is 41.0 Å². The molecule has 0 aliphatic heterocycles. The number of benzene rings is 2. The normalized spacial score (nSPS) is 11.8. The Balaban J connectivity index is 2.40. The molecule has 0 aromatic heterocycles. The highest BCUT2D eigenvalue weighted by molar-refractivity contribution is 5.86. The van der Waals surface area contributed by atoms with E-state index in [1.54, 1.807) is 21.3 Å². The van der Waals surface area contributed by atoms with E-state index in [1.165, 1.54) is 27.8 Å². The Bertz CT molecular complexity index is 689. The number of fused-ring (bicyclic) bond motifs is 3. The number of hydrogen-bond acceptors (Lipinski definition) is 3. The first-order valence-corrected chi connectivity index (χ1v) is 7.18. The molecule has 0 saturated carbocycles. The van der Waals surface area contributed by atoms with E-state index in [0.29, 0.717) is 5.75 Å². The monoisotopic (exact) mass is 284 g/mol. The third-order valence-corrected chi connectivity index (χ3v) is 4.18. The molecule has 3 nitrogen and oxygen atoms in total. The van der Waals surface area contributed by atoms with Gasteiger partial charge in [-0.15, -0.1) is 0 Å². The Morgan fingerprint density at radius 2 is 1.57 bits per heavy atom. The molecule has 0 unspecified atom stereocenters. The van der Waals surface area contributed by atoms with Crippen LogP contribution in [0, 0.1) is 0 Å². The lowest BCUT2D eigenvalue weighted by Gasteiger charge is -2.20. The van der Waals surface area contributed by atoms with Crippen molar-refractivity contribution >= 4 is 0 Å². The number of ether oxygens (including phenoxy) is 3. The molecule has 2 aromatic rings. The summed E-state index contributed by atoms with van der Waals surface area (Å²) in [5, 5.41) is 0. The summed E-state index contributed by atoms with van der Waals surface area (Å²) in [5.74, 6) is 2.27. The van der Waals surface area contributed by atoms with Gasteiger partial charge in [0.1, 0.15) is 0 Å². The van der Waals surface area contributed by atoms with Crippen LogP contribution in [0.3, 0.4) is 0 Å². The summed E-state index contributed by atoms with van der Waals surface area (Å²) in [6.07, 6.45) is 1.77. The van der Waals surface area contributed by atoms with Crippen molar-refractivity contribution in [1.82, 2.24) is 0 Å². The summed E-state index contributed by atoms with van der Waals surface area (Å²) in [6.45, 7) is 2.14. The van der Waals surface area contributed by atoms with Gasteiger partial charge < -0.3 is 14.2 Å². The first-order valence-electron chi connectivity index (χ1n) is 7.18. The third kappa shape index (κ3) is 1.88. The minimum atomic E-state index is 0.698. The maximum atomic E-state index is 5.65. The molecular formula is C18H20O3. The second-order valence-corrected chi connectivity index (χ2v) is 5.12. The van der Waals surface area contributed by atoms with Crippen molar-refractivity contribution in [2.24, 2.45) is 0 Å². The summed E-state index contributed by atoms with van der Waals surface area (Å²) < 4.78 is 16.9. The quantitative estimate of drug-likeness (QED) is 0.728. The highest BCUT2D eigenvalue weighted by Gasteiger charge is 2.31. The van der Waals surface area contributed by atoms with Crippen molar-refractivity contribution < 1.29 is 14.2 Å². The number of rotatable bonds is 4. The molecule has 3 rings (SSSR count). The fourth-order valence-electron chi connectivity index (χ4n) is 3.34. The predicted molar refractivity (Wildman–Crippen MR) is 83.7 cm³/mol. The van der Waals surface area contributed by atoms with Gasteiger partial charge in [-0.3, -0.25) is 0 Å². The highest BCUT2D eigenvalue weighted by atomic mass is 16.5. The SMILES string of the molecule is CCc1c(OC)c(OC)c(OC)c2c1-c1ccccc1C2. The van der Waals surface area contributed by atoms with Gasteiger partial charge in [0.05, 0.1) is 21.3 Å². The lowest BCUT2D eigenvalue weighted by Crippen LogP contribution is -2.03. The molecule has 0 radical (unpaired) electrons. The van der Waals surface area contributed by atoms with Gasteiger partial charge in [0, 0.05) is 17.5 Å². The van der Waals surface area contributed by atoms with Gasteiger partial charge in [-0.2, -0.15) is 0 Å². The smallest absolute Gasteiger partial charge is 0.203 e. The molecule has 0 N–H and O–H groups in total. The van der Waals surface area contributed by atoms with Gasteiger partial charge in [0.2, 0.25) is 5.75 Å². The fourth-order valence-corrected chi connectivity index (χ4v) is 3.34. The molecule has 1 aliphatic carbocycles. The molecule has 0 spiro atoms. The van der Waals surface area contributed by atoms with Crippen molar-refractivity contribution in [1.29, 1.82) is 0 Å². The Kier molecular flexibility index (Phi) is 3.50. The average molecular weight is 284 g/mol. The van der Waals surface area contributed by atoms with Crippen LogP contribution in [0.1, 0.15) is 23.6 Å². The van der Waals surface area contributed by atoms with Crippen molar-refractivity contribution in [3.8, 4) is 28.4 Å². The van der Waals surface area contributed by atoms with E-state index in [1.807, 2.05) is 0 Å². The van der Waals surface area contributed by atoms with Gasteiger partial charge in [-0.05, 0) is 23.1 Å². The van der Waals surface area contributed by atoms with E-state index in [2.05, 4.69) is 31.2 Å². The Morgan fingerprint density at radius 1 is 0.905 bits per heavy atom. The zero-order chi connectivity index (χ0) is 15.0. The van der Waals surface area contributed by atoms with E-state index in [0.717, 1.165) is 24.3 Å². The maximum Gasteiger partial charge on any atom is 0.203 e. The molecule has 0 saturated heterocycles. The molecule has 1 aliphatic rings. The molecule has 110 valence electrons. The Hall–Kier alpha value is -2.16. The summed E-state index contributed by atoms with van der Waals surface area (Å²) in [4.78, 5) is 0. The summed E-state index contributed by atoms with van der Waals surface area (Å²) >= 11 is 0. The van der Waals surface area contributed by atoms with Crippen LogP contribution in [0.15, 0.2) is 24.3 Å². The Morgan fingerprint density at radius 3 is 2.19 bits per heavy atom. The van der Waals surface area contributed by atoms with Crippen LogP contribution >= 0.6 is 0 Å². The minimum absolute atomic E-state index is 0.698. The molecule has 21 heavy (non-hydrogen) atoms. The predicted octanol–water partition coefficient (Wildman–Crippen LogP) is 3.85. The molecule has 3 heteroatoms. The van der Waals surface area contributed by atoms with Crippen molar-refractivity contribution in [3.63, 3.8) is 0 Å². The van der Waals surface area contributed by atoms with Crippen LogP contribution in [0.4, 0.5) is 0 Å². The molecule has 0 fully saturated rings. The van der Waals surface area contributed by atoms with Crippen molar-refractivity contribution in [2.75, 3.05) is 21.3 Å². The molecule has 0 heterocycles. The van der Waals surface area contributed by atoms with E-state index < -0.39 is 0 Å². The zero-order valence-electron chi connectivity index (χ0n) is 12.9. The van der Waals surface area contributed by atoms with E-state index in [9.17, 15) is 0 Å². The van der Waals surface area contributed by atoms with Gasteiger partial charge >= 0.3 is 0 Å². The van der Waals surface area contributed by atoms with Gasteiger partial charge in [0.25, 0.3) is 0 Å². The zero-order valence-corrected chi connectivity index (χ0v) is 12.9. The second-order valence-electron chi connectivity index (χ2n) is 5.12. The standard InChI is InChI=1S/C18H20O3/c1-5-12-15-13-9-7-6-8-11(13)10-14(15)17(20-3)18(21-4)16(12)19-2/h6-9H,5,10H2,1-4H3. The number of hydrogen-bond donors (Lipinski definition) is 0. The van der Waals surface area contributed by atoms with Gasteiger partial charge in [0.15, 0.2) is 11.5 Å².